The number of rotatable bonds is 4. The highest BCUT2D eigenvalue weighted by Gasteiger charge is 2.47. The van der Waals surface area contributed by atoms with Gasteiger partial charge in [0.1, 0.15) is 0 Å². The third-order valence-electron chi connectivity index (χ3n) is 4.15. The Hall–Kier alpha value is -0.760. The zero-order valence-corrected chi connectivity index (χ0v) is 13.0. The summed E-state index contributed by atoms with van der Waals surface area (Å²) in [5.74, 6) is 0. The summed E-state index contributed by atoms with van der Waals surface area (Å²) in [6, 6.07) is 5.66. The van der Waals surface area contributed by atoms with Gasteiger partial charge in [0.25, 0.3) is 11.4 Å². The summed E-state index contributed by atoms with van der Waals surface area (Å²) in [6.07, 6.45) is -0.474. The van der Waals surface area contributed by atoms with Crippen molar-refractivity contribution in [2.45, 2.75) is 48.8 Å². The molecular weight excluding hydrogens is 313 g/mol. The van der Waals surface area contributed by atoms with E-state index in [1.807, 2.05) is 0 Å². The summed E-state index contributed by atoms with van der Waals surface area (Å²) in [7, 11) is 0. The highest BCUT2D eigenvalue weighted by atomic mass is 32.2. The zero-order valence-electron chi connectivity index (χ0n) is 12.1. The van der Waals surface area contributed by atoms with Crippen LogP contribution in [0.2, 0.25) is 0 Å². The molecule has 2 fully saturated rings. The van der Waals surface area contributed by atoms with Crippen molar-refractivity contribution in [1.29, 1.82) is 0 Å². The van der Waals surface area contributed by atoms with Crippen molar-refractivity contribution in [2.75, 3.05) is 13.1 Å². The summed E-state index contributed by atoms with van der Waals surface area (Å²) in [6.45, 7) is 1.79. The largest absolute Gasteiger partial charge is 0.416 e. The van der Waals surface area contributed by atoms with Crippen molar-refractivity contribution in [3.05, 3.63) is 29.8 Å². The fourth-order valence-electron chi connectivity index (χ4n) is 2.88. The number of alkyl halides is 3. The fraction of sp³-hybridized carbons (Fsp3) is 0.600. The van der Waals surface area contributed by atoms with Crippen LogP contribution in [0.3, 0.4) is 0 Å². The maximum atomic E-state index is 12.9. The average molecular weight is 333 g/mol. The molecule has 1 saturated carbocycles. The molecule has 1 atom stereocenters. The van der Waals surface area contributed by atoms with Gasteiger partial charge < -0.3 is 5.32 Å². The lowest BCUT2D eigenvalue weighted by Crippen LogP contribution is -2.47. The van der Waals surface area contributed by atoms with Gasteiger partial charge in [-0.2, -0.15) is 17.7 Å². The molecule has 0 amide bonds. The predicted molar refractivity (Wildman–Crippen MR) is 80.5 cm³/mol. The van der Waals surface area contributed by atoms with Gasteiger partial charge in [-0.15, -0.1) is 0 Å². The van der Waals surface area contributed by atoms with E-state index in [4.69, 9.17) is 0 Å². The first kappa shape index (κ1) is 16.1. The van der Waals surface area contributed by atoms with Crippen molar-refractivity contribution >= 4 is 11.4 Å². The predicted octanol–water partition coefficient (Wildman–Crippen LogP) is 3.29. The van der Waals surface area contributed by atoms with Crippen LogP contribution in [0.5, 0.6) is 0 Å². The van der Waals surface area contributed by atoms with Crippen molar-refractivity contribution < 1.29 is 17.7 Å². The summed E-state index contributed by atoms with van der Waals surface area (Å²) < 4.78 is 51.3. The van der Waals surface area contributed by atoms with Gasteiger partial charge in [0, 0.05) is 6.07 Å². The van der Waals surface area contributed by atoms with Gasteiger partial charge >= 0.3 is 6.18 Å². The molecule has 3 nitrogen and oxygen atoms in total. The third kappa shape index (κ3) is 3.59. The van der Waals surface area contributed by atoms with E-state index in [0.29, 0.717) is 10.9 Å². The molecule has 22 heavy (non-hydrogen) atoms. The van der Waals surface area contributed by atoms with E-state index in [0.717, 1.165) is 50.9 Å². The molecule has 122 valence electrons. The maximum Gasteiger partial charge on any atom is 0.416 e. The number of hydrogen-bond acceptors (Lipinski definition) is 3. The standard InChI is InChI=1S/C15H20F3N2OS/c16-15(17,18)11-2-1-3-14(10-11)22(21)20(12-4-5-12)13-6-8-19-9-7-13/h1-3,10,12-13,19,21H,4-9H2/q+1. The Morgan fingerprint density at radius 3 is 2.32 bits per heavy atom. The van der Waals surface area contributed by atoms with Crippen LogP contribution in [-0.2, 0) is 17.5 Å². The fourth-order valence-corrected chi connectivity index (χ4v) is 4.54. The summed E-state index contributed by atoms with van der Waals surface area (Å²) in [5.41, 5.74) is -0.697. The average Bonchev–Trinajstić information content (AvgIpc) is 3.32. The van der Waals surface area contributed by atoms with Crippen molar-refractivity contribution in [3.8, 4) is 0 Å². The molecule has 0 aromatic heterocycles. The van der Waals surface area contributed by atoms with Crippen molar-refractivity contribution in [2.24, 2.45) is 0 Å². The summed E-state index contributed by atoms with van der Waals surface area (Å²) >= 11 is -1.28. The smallest absolute Gasteiger partial charge is 0.317 e. The zero-order chi connectivity index (χ0) is 15.7. The van der Waals surface area contributed by atoms with Gasteiger partial charge in [-0.25, -0.2) is 0 Å². The third-order valence-corrected chi connectivity index (χ3v) is 5.82. The van der Waals surface area contributed by atoms with Crippen LogP contribution in [0, 0.1) is 0 Å². The highest BCUT2D eigenvalue weighted by Crippen LogP contribution is 2.37. The molecular formula is C15H20F3N2OS+. The number of nitrogens with one attached hydrogen (secondary N) is 1. The minimum atomic E-state index is -4.38. The lowest BCUT2D eigenvalue weighted by atomic mass is 10.1. The highest BCUT2D eigenvalue weighted by molar-refractivity contribution is 7.89. The van der Waals surface area contributed by atoms with Gasteiger partial charge in [0.05, 0.1) is 17.6 Å². The van der Waals surface area contributed by atoms with Gasteiger partial charge in [-0.3, -0.25) is 0 Å². The monoisotopic (exact) mass is 333 g/mol. The van der Waals surface area contributed by atoms with Crippen LogP contribution in [-0.4, -0.2) is 34.0 Å². The van der Waals surface area contributed by atoms with Crippen LogP contribution >= 0.6 is 0 Å². The minimum absolute atomic E-state index is 0.247. The van der Waals surface area contributed by atoms with E-state index in [9.17, 15) is 17.7 Å². The van der Waals surface area contributed by atoms with E-state index >= 15 is 0 Å². The molecule has 1 aromatic rings. The number of nitrogens with zero attached hydrogens (tertiary/aromatic N) is 1. The first-order valence-corrected chi connectivity index (χ1v) is 8.70. The molecule has 1 unspecified atom stereocenters. The maximum absolute atomic E-state index is 12.9. The topological polar surface area (TPSA) is 35.5 Å². The minimum Gasteiger partial charge on any atom is -0.317 e. The Balaban J connectivity index is 1.82. The Morgan fingerprint density at radius 2 is 1.73 bits per heavy atom. The molecule has 1 aliphatic heterocycles. The first-order chi connectivity index (χ1) is 10.5. The van der Waals surface area contributed by atoms with Crippen LogP contribution in [0.25, 0.3) is 0 Å². The Morgan fingerprint density at radius 1 is 1.09 bits per heavy atom. The Kier molecular flexibility index (Phi) is 4.68. The molecule has 0 radical (unpaired) electrons. The second-order valence-electron chi connectivity index (χ2n) is 5.86. The van der Waals surface area contributed by atoms with E-state index in [-0.39, 0.29) is 6.04 Å². The second kappa shape index (κ2) is 6.39. The van der Waals surface area contributed by atoms with E-state index < -0.39 is 23.1 Å². The van der Waals surface area contributed by atoms with Gasteiger partial charge in [-0.1, -0.05) is 10.4 Å². The molecule has 1 aromatic carbocycles. The van der Waals surface area contributed by atoms with E-state index in [1.54, 1.807) is 6.07 Å². The molecule has 1 aliphatic carbocycles. The molecule has 1 heterocycles. The normalized spacial score (nSPS) is 22.0. The van der Waals surface area contributed by atoms with Crippen LogP contribution in [0.1, 0.15) is 31.2 Å². The van der Waals surface area contributed by atoms with Gasteiger partial charge in [0.15, 0.2) is 0 Å². The molecule has 3 rings (SSSR count). The Labute approximate surface area is 131 Å². The molecule has 1 saturated heterocycles. The van der Waals surface area contributed by atoms with E-state index in [2.05, 4.69) is 9.62 Å². The quantitative estimate of drug-likeness (QED) is 0.830. The number of piperidine rings is 1. The molecule has 2 aliphatic rings. The number of benzene rings is 1. The van der Waals surface area contributed by atoms with Crippen LogP contribution < -0.4 is 5.32 Å². The SMILES string of the molecule is O[S+](c1cccc(C(F)(F)F)c1)N(C1CCNCC1)C1CC1. The summed E-state index contributed by atoms with van der Waals surface area (Å²) in [5, 5.41) is 3.28. The molecule has 0 bridgehead atoms. The summed E-state index contributed by atoms with van der Waals surface area (Å²) in [4.78, 5) is 0.361. The first-order valence-electron chi connectivity index (χ1n) is 7.56. The second-order valence-corrected chi connectivity index (χ2v) is 7.28. The van der Waals surface area contributed by atoms with Gasteiger partial charge in [0.2, 0.25) is 4.90 Å². The molecule has 2 N–H and O–H groups in total. The van der Waals surface area contributed by atoms with Crippen molar-refractivity contribution in [3.63, 3.8) is 0 Å². The van der Waals surface area contributed by atoms with Gasteiger partial charge in [-0.05, 0) is 50.9 Å². The lowest BCUT2D eigenvalue weighted by Gasteiger charge is -2.29. The number of hydrogen-bond donors (Lipinski definition) is 2. The van der Waals surface area contributed by atoms with Crippen LogP contribution in [0.4, 0.5) is 13.2 Å². The molecule has 7 heteroatoms. The van der Waals surface area contributed by atoms with Crippen molar-refractivity contribution in [1.82, 2.24) is 9.62 Å². The van der Waals surface area contributed by atoms with E-state index in [1.165, 1.54) is 6.07 Å². The lowest BCUT2D eigenvalue weighted by molar-refractivity contribution is -0.137. The Bertz CT molecular complexity index is 516. The number of halogens is 3. The molecule has 0 spiro atoms. The van der Waals surface area contributed by atoms with Crippen LogP contribution in [0.15, 0.2) is 29.2 Å².